The normalized spacial score (nSPS) is 21.3. The quantitative estimate of drug-likeness (QED) is 0.654. The molecule has 8 nitrogen and oxygen atoms in total. The van der Waals surface area contributed by atoms with Crippen LogP contribution in [0.15, 0.2) is 59.5 Å². The summed E-state index contributed by atoms with van der Waals surface area (Å²) < 4.78 is 45.6. The second-order valence-electron chi connectivity index (χ2n) is 8.05. The number of hydrogen-bond donors (Lipinski definition) is 2. The highest BCUT2D eigenvalue weighted by Crippen LogP contribution is 2.20. The average Bonchev–Trinajstić information content (AvgIpc) is 2.75. The van der Waals surface area contributed by atoms with Gasteiger partial charge in [-0.2, -0.15) is 0 Å². The summed E-state index contributed by atoms with van der Waals surface area (Å²) in [4.78, 5) is 12.7. The maximum Gasteiger partial charge on any atom is 0.251 e. The molecule has 174 valence electrons. The van der Waals surface area contributed by atoms with Gasteiger partial charge in [0.1, 0.15) is 6.10 Å². The van der Waals surface area contributed by atoms with E-state index in [1.165, 1.54) is 0 Å². The maximum absolute atomic E-state index is 12.7. The van der Waals surface area contributed by atoms with Crippen molar-refractivity contribution in [2.45, 2.75) is 43.7 Å². The van der Waals surface area contributed by atoms with Crippen molar-refractivity contribution in [2.75, 3.05) is 26.3 Å². The summed E-state index contributed by atoms with van der Waals surface area (Å²) in [5, 5.41) is 2.84. The third kappa shape index (κ3) is 6.85. The van der Waals surface area contributed by atoms with Crippen molar-refractivity contribution in [3.8, 4) is 0 Å². The zero-order valence-corrected chi connectivity index (χ0v) is 19.4. The van der Waals surface area contributed by atoms with Gasteiger partial charge in [0, 0.05) is 18.7 Å². The zero-order valence-electron chi connectivity index (χ0n) is 18.5. The molecule has 1 fully saturated rings. The summed E-state index contributed by atoms with van der Waals surface area (Å²) in [5.74, 6) is -1.17. The molecule has 9 heteroatoms. The van der Waals surface area contributed by atoms with Gasteiger partial charge >= 0.3 is 0 Å². The van der Waals surface area contributed by atoms with E-state index in [1.54, 1.807) is 62.4 Å². The van der Waals surface area contributed by atoms with Crippen LogP contribution in [-0.2, 0) is 24.2 Å². The van der Waals surface area contributed by atoms with Crippen molar-refractivity contribution in [3.05, 3.63) is 65.7 Å². The predicted molar refractivity (Wildman–Crippen MR) is 120 cm³/mol. The highest BCUT2D eigenvalue weighted by atomic mass is 32.2. The van der Waals surface area contributed by atoms with Crippen molar-refractivity contribution in [1.29, 1.82) is 0 Å². The molecule has 0 bridgehead atoms. The van der Waals surface area contributed by atoms with Crippen LogP contribution in [0.1, 0.15) is 29.8 Å². The molecule has 0 radical (unpaired) electrons. The molecule has 2 atom stereocenters. The average molecular weight is 463 g/mol. The van der Waals surface area contributed by atoms with Crippen molar-refractivity contribution in [2.24, 2.45) is 0 Å². The molecule has 0 unspecified atom stereocenters. The molecule has 0 saturated carbocycles. The van der Waals surface area contributed by atoms with Crippen molar-refractivity contribution in [1.82, 2.24) is 10.0 Å². The topological polar surface area (TPSA) is 103 Å². The van der Waals surface area contributed by atoms with Gasteiger partial charge in [0.2, 0.25) is 10.0 Å². The standard InChI is InChI=1S/C23H30N2O6S/c1-17-9-11-19(12-10-17)32(27,28)25-16-20-21(31-23(2,3)30-14-13-29-20)15-24-22(26)18-7-5-4-6-8-18/h4-12,20-21,25H,13-16H2,1-3H3,(H,24,26)/t20-,21+/m1/s1. The number of rotatable bonds is 7. The minimum absolute atomic E-state index is 0.0157. The predicted octanol–water partition coefficient (Wildman–Crippen LogP) is 2.24. The molecule has 1 amide bonds. The molecule has 2 aromatic carbocycles. The Morgan fingerprint density at radius 2 is 1.69 bits per heavy atom. The number of aryl methyl sites for hydroxylation is 1. The summed E-state index contributed by atoms with van der Waals surface area (Å²) in [6.45, 7) is 6.12. The van der Waals surface area contributed by atoms with Gasteiger partial charge in [-0.1, -0.05) is 35.9 Å². The number of nitrogens with one attached hydrogen (secondary N) is 2. The van der Waals surface area contributed by atoms with E-state index in [9.17, 15) is 13.2 Å². The molecule has 1 aliphatic heterocycles. The first-order chi connectivity index (χ1) is 15.2. The molecule has 0 aliphatic carbocycles. The molecular formula is C23H30N2O6S. The Kier molecular flexibility index (Phi) is 8.02. The molecule has 32 heavy (non-hydrogen) atoms. The van der Waals surface area contributed by atoms with Crippen molar-refractivity contribution >= 4 is 15.9 Å². The van der Waals surface area contributed by atoms with Gasteiger partial charge < -0.3 is 19.5 Å². The fourth-order valence-corrected chi connectivity index (χ4v) is 4.35. The molecule has 2 N–H and O–H groups in total. The zero-order chi connectivity index (χ0) is 23.2. The lowest BCUT2D eigenvalue weighted by molar-refractivity contribution is -0.277. The molecule has 1 heterocycles. The number of carbonyl (C=O) groups is 1. The van der Waals surface area contributed by atoms with Gasteiger partial charge in [0.25, 0.3) is 5.91 Å². The van der Waals surface area contributed by atoms with Gasteiger partial charge in [0.15, 0.2) is 5.79 Å². The van der Waals surface area contributed by atoms with E-state index in [4.69, 9.17) is 14.2 Å². The van der Waals surface area contributed by atoms with Crippen LogP contribution in [0.3, 0.4) is 0 Å². The second-order valence-corrected chi connectivity index (χ2v) is 9.82. The lowest BCUT2D eigenvalue weighted by Gasteiger charge is -2.37. The van der Waals surface area contributed by atoms with E-state index < -0.39 is 28.0 Å². The van der Waals surface area contributed by atoms with Crippen molar-refractivity contribution < 1.29 is 27.4 Å². The summed E-state index contributed by atoms with van der Waals surface area (Å²) >= 11 is 0. The fraction of sp³-hybridized carbons (Fsp3) is 0.435. The van der Waals surface area contributed by atoms with Crippen LogP contribution in [0.5, 0.6) is 0 Å². The Hall–Kier alpha value is -2.30. The summed E-state index contributed by atoms with van der Waals surface area (Å²) in [7, 11) is -3.73. The summed E-state index contributed by atoms with van der Waals surface area (Å²) in [5.41, 5.74) is 1.49. The van der Waals surface area contributed by atoms with E-state index in [-0.39, 0.29) is 30.5 Å². The van der Waals surface area contributed by atoms with Crippen LogP contribution in [0, 0.1) is 6.92 Å². The van der Waals surface area contributed by atoms with Crippen molar-refractivity contribution in [3.63, 3.8) is 0 Å². The highest BCUT2D eigenvalue weighted by molar-refractivity contribution is 7.89. The monoisotopic (exact) mass is 462 g/mol. The van der Waals surface area contributed by atoms with E-state index in [0.29, 0.717) is 12.2 Å². The Labute approximate surface area is 189 Å². The number of ether oxygens (including phenoxy) is 3. The number of amides is 1. The van der Waals surface area contributed by atoms with Crippen LogP contribution in [0.4, 0.5) is 0 Å². The van der Waals surface area contributed by atoms with Gasteiger partial charge in [-0.25, -0.2) is 13.1 Å². The first kappa shape index (κ1) is 24.3. The third-order valence-corrected chi connectivity index (χ3v) is 6.46. The first-order valence-electron chi connectivity index (χ1n) is 10.5. The van der Waals surface area contributed by atoms with E-state index >= 15 is 0 Å². The Bertz CT molecular complexity index is 993. The van der Waals surface area contributed by atoms with Gasteiger partial charge in [-0.05, 0) is 45.0 Å². The van der Waals surface area contributed by atoms with Crippen LogP contribution in [0.2, 0.25) is 0 Å². The Balaban J connectivity index is 1.71. The molecule has 1 aliphatic rings. The van der Waals surface area contributed by atoms with E-state index in [1.807, 2.05) is 13.0 Å². The van der Waals surface area contributed by atoms with Crippen LogP contribution >= 0.6 is 0 Å². The first-order valence-corrected chi connectivity index (χ1v) is 12.0. The molecule has 2 aromatic rings. The molecule has 0 aromatic heterocycles. The number of sulfonamides is 1. The number of hydrogen-bond acceptors (Lipinski definition) is 6. The summed E-state index contributed by atoms with van der Waals surface area (Å²) in [6, 6.07) is 15.4. The highest BCUT2D eigenvalue weighted by Gasteiger charge is 2.34. The smallest absolute Gasteiger partial charge is 0.251 e. The van der Waals surface area contributed by atoms with Gasteiger partial charge in [0.05, 0.1) is 24.2 Å². The molecule has 0 spiro atoms. The van der Waals surface area contributed by atoms with E-state index in [0.717, 1.165) is 5.56 Å². The molecular weight excluding hydrogens is 432 g/mol. The third-order valence-electron chi connectivity index (χ3n) is 5.02. The largest absolute Gasteiger partial charge is 0.372 e. The fourth-order valence-electron chi connectivity index (χ4n) is 3.31. The SMILES string of the molecule is Cc1ccc(S(=O)(=O)NC[C@H]2OCCOC(C)(C)O[C@H]2CNC(=O)c2ccccc2)cc1. The maximum atomic E-state index is 12.7. The lowest BCUT2D eigenvalue weighted by Crippen LogP contribution is -2.52. The van der Waals surface area contributed by atoms with Crippen LogP contribution in [-0.4, -0.2) is 58.6 Å². The minimum atomic E-state index is -3.73. The Morgan fingerprint density at radius 1 is 1.00 bits per heavy atom. The number of benzene rings is 2. The van der Waals surface area contributed by atoms with Crippen LogP contribution in [0.25, 0.3) is 0 Å². The number of carbonyl (C=O) groups excluding carboxylic acids is 1. The molecule has 1 saturated heterocycles. The second kappa shape index (κ2) is 10.5. The van der Waals surface area contributed by atoms with E-state index in [2.05, 4.69) is 10.0 Å². The van der Waals surface area contributed by atoms with Crippen LogP contribution < -0.4 is 10.0 Å². The summed E-state index contributed by atoms with van der Waals surface area (Å²) in [6.07, 6.45) is -1.27. The Morgan fingerprint density at radius 3 is 2.38 bits per heavy atom. The van der Waals surface area contributed by atoms with Gasteiger partial charge in [-0.3, -0.25) is 4.79 Å². The van der Waals surface area contributed by atoms with Gasteiger partial charge in [-0.15, -0.1) is 0 Å². The minimum Gasteiger partial charge on any atom is -0.372 e. The lowest BCUT2D eigenvalue weighted by atomic mass is 10.1. The molecule has 3 rings (SSSR count).